The van der Waals surface area contributed by atoms with Gasteiger partial charge in [0.2, 0.25) is 0 Å². The van der Waals surface area contributed by atoms with Crippen molar-refractivity contribution in [3.05, 3.63) is 11.6 Å². The number of carbonyl (C=O) groups is 1. The molecule has 3 saturated carbocycles. The van der Waals surface area contributed by atoms with Gasteiger partial charge in [0, 0.05) is 23.9 Å². The molecule has 2 bridgehead atoms. The molecule has 4 aliphatic carbocycles. The van der Waals surface area contributed by atoms with E-state index in [4.69, 9.17) is 0 Å². The summed E-state index contributed by atoms with van der Waals surface area (Å²) in [6.07, 6.45) is 11.0. The lowest BCUT2D eigenvalue weighted by molar-refractivity contribution is -0.122. The van der Waals surface area contributed by atoms with E-state index in [0.29, 0.717) is 41.5 Å². The molecule has 0 amide bonds. The quantitative estimate of drug-likeness (QED) is 0.723. The number of piperidine rings is 1. The molecular formula is C20H29NO2. The van der Waals surface area contributed by atoms with E-state index >= 15 is 0 Å². The fourth-order valence-corrected chi connectivity index (χ4v) is 7.11. The molecule has 5 unspecified atom stereocenters. The van der Waals surface area contributed by atoms with Gasteiger partial charge in [0.15, 0.2) is 5.78 Å². The van der Waals surface area contributed by atoms with Crippen LogP contribution in [0.4, 0.5) is 0 Å². The lowest BCUT2D eigenvalue weighted by atomic mass is 9.63. The average molecular weight is 315 g/mol. The smallest absolute Gasteiger partial charge is 0.159 e. The summed E-state index contributed by atoms with van der Waals surface area (Å²) in [5.74, 6) is 2.51. The molecule has 4 fully saturated rings. The van der Waals surface area contributed by atoms with E-state index in [9.17, 15) is 9.90 Å². The number of fused-ring (bicyclic) bond motifs is 9. The molecule has 5 aliphatic rings. The molecule has 0 aromatic carbocycles. The van der Waals surface area contributed by atoms with Crippen LogP contribution in [0.15, 0.2) is 11.6 Å². The molecule has 8 atom stereocenters. The molecule has 0 aromatic heterocycles. The van der Waals surface area contributed by atoms with Gasteiger partial charge >= 0.3 is 0 Å². The molecule has 126 valence electrons. The van der Waals surface area contributed by atoms with Crippen molar-refractivity contribution in [3.63, 3.8) is 0 Å². The molecule has 1 heterocycles. The Kier molecular flexibility index (Phi) is 3.13. The lowest BCUT2D eigenvalue weighted by Gasteiger charge is -2.47. The second-order valence-electron chi connectivity index (χ2n) is 9.06. The van der Waals surface area contributed by atoms with Gasteiger partial charge in [-0.1, -0.05) is 12.8 Å². The van der Waals surface area contributed by atoms with E-state index in [1.807, 2.05) is 6.08 Å². The number of hydrogen-bond acceptors (Lipinski definition) is 3. The highest BCUT2D eigenvalue weighted by molar-refractivity contribution is 5.94. The van der Waals surface area contributed by atoms with Crippen molar-refractivity contribution in [2.75, 3.05) is 0 Å². The molecule has 3 nitrogen and oxygen atoms in total. The van der Waals surface area contributed by atoms with Crippen molar-refractivity contribution >= 4 is 5.78 Å². The minimum absolute atomic E-state index is 0.259. The van der Waals surface area contributed by atoms with Crippen LogP contribution in [0.3, 0.4) is 0 Å². The van der Waals surface area contributed by atoms with Gasteiger partial charge in [0.05, 0.1) is 5.60 Å². The molecule has 0 radical (unpaired) electrons. The number of rotatable bonds is 0. The van der Waals surface area contributed by atoms with Gasteiger partial charge in [-0.15, -0.1) is 0 Å². The van der Waals surface area contributed by atoms with Gasteiger partial charge in [-0.05, 0) is 74.9 Å². The van der Waals surface area contributed by atoms with E-state index in [0.717, 1.165) is 31.3 Å². The van der Waals surface area contributed by atoms with Crippen molar-refractivity contribution in [2.24, 2.45) is 29.6 Å². The fourth-order valence-electron chi connectivity index (χ4n) is 7.11. The molecule has 5 rings (SSSR count). The molecule has 3 heteroatoms. The fraction of sp³-hybridized carbons (Fsp3) is 0.850. The number of nitrogens with one attached hydrogen (secondary N) is 1. The molecule has 23 heavy (non-hydrogen) atoms. The first kappa shape index (κ1) is 14.7. The maximum Gasteiger partial charge on any atom is 0.159 e. The minimum Gasteiger partial charge on any atom is -0.385 e. The predicted molar refractivity (Wildman–Crippen MR) is 88.8 cm³/mol. The number of carbonyl (C=O) groups excluding carboxylic acids is 1. The third kappa shape index (κ3) is 1.93. The SMILES string of the molecule is C[C@@H]1CCC2C(CC3C[C@]2(O)C2=CC(=O)[C@H]4CCCCC4C23)N1. The van der Waals surface area contributed by atoms with Crippen molar-refractivity contribution < 1.29 is 9.90 Å². The Bertz CT molecular complexity index is 570. The van der Waals surface area contributed by atoms with Gasteiger partial charge in [-0.3, -0.25) is 4.79 Å². The monoisotopic (exact) mass is 315 g/mol. The Labute approximate surface area is 138 Å². The van der Waals surface area contributed by atoms with Gasteiger partial charge in [-0.2, -0.15) is 0 Å². The molecule has 1 saturated heterocycles. The van der Waals surface area contributed by atoms with E-state index < -0.39 is 5.60 Å². The summed E-state index contributed by atoms with van der Waals surface area (Å²) in [5, 5.41) is 15.4. The van der Waals surface area contributed by atoms with Crippen LogP contribution in [-0.2, 0) is 4.79 Å². The number of hydrogen-bond donors (Lipinski definition) is 2. The molecule has 2 N–H and O–H groups in total. The summed E-state index contributed by atoms with van der Waals surface area (Å²) in [5.41, 5.74) is 0.461. The van der Waals surface area contributed by atoms with Crippen LogP contribution in [0.5, 0.6) is 0 Å². The van der Waals surface area contributed by atoms with Crippen LogP contribution in [-0.4, -0.2) is 28.6 Å². The average Bonchev–Trinajstić information content (AvgIpc) is 2.76. The predicted octanol–water partition coefficient (Wildman–Crippen LogP) is 2.83. The Hall–Kier alpha value is -0.670. The summed E-state index contributed by atoms with van der Waals surface area (Å²) in [4.78, 5) is 12.7. The minimum atomic E-state index is -0.691. The Balaban J connectivity index is 1.57. The number of allylic oxidation sites excluding steroid dienone is 1. The summed E-state index contributed by atoms with van der Waals surface area (Å²) < 4.78 is 0. The van der Waals surface area contributed by atoms with Crippen LogP contribution in [0.2, 0.25) is 0 Å². The zero-order valence-corrected chi connectivity index (χ0v) is 14.1. The highest BCUT2D eigenvalue weighted by atomic mass is 16.3. The maximum atomic E-state index is 12.7. The summed E-state index contributed by atoms with van der Waals surface area (Å²) >= 11 is 0. The van der Waals surface area contributed by atoms with Crippen LogP contribution in [0.1, 0.15) is 58.3 Å². The van der Waals surface area contributed by atoms with Gasteiger partial charge < -0.3 is 10.4 Å². The van der Waals surface area contributed by atoms with Gasteiger partial charge in [0.25, 0.3) is 0 Å². The van der Waals surface area contributed by atoms with Crippen LogP contribution >= 0.6 is 0 Å². The molecule has 0 spiro atoms. The molecular weight excluding hydrogens is 286 g/mol. The Morgan fingerprint density at radius 2 is 2.04 bits per heavy atom. The molecule has 0 aromatic rings. The Morgan fingerprint density at radius 3 is 2.91 bits per heavy atom. The van der Waals surface area contributed by atoms with E-state index in [1.165, 1.54) is 25.7 Å². The highest BCUT2D eigenvalue weighted by Gasteiger charge is 2.62. The van der Waals surface area contributed by atoms with Crippen molar-refractivity contribution in [3.8, 4) is 0 Å². The summed E-state index contributed by atoms with van der Waals surface area (Å²) in [6, 6.07) is 1.02. The molecule has 1 aliphatic heterocycles. The largest absolute Gasteiger partial charge is 0.385 e. The zero-order chi connectivity index (χ0) is 15.8. The van der Waals surface area contributed by atoms with Gasteiger partial charge in [0.1, 0.15) is 0 Å². The maximum absolute atomic E-state index is 12.7. The second-order valence-corrected chi connectivity index (χ2v) is 9.06. The first-order valence-electron chi connectivity index (χ1n) is 9.82. The van der Waals surface area contributed by atoms with Gasteiger partial charge in [-0.25, -0.2) is 0 Å². The first-order valence-corrected chi connectivity index (χ1v) is 9.82. The van der Waals surface area contributed by atoms with Crippen molar-refractivity contribution in [1.29, 1.82) is 0 Å². The Morgan fingerprint density at radius 1 is 1.22 bits per heavy atom. The highest BCUT2D eigenvalue weighted by Crippen LogP contribution is 2.62. The second kappa shape index (κ2) is 4.92. The first-order chi connectivity index (χ1) is 11.1. The van der Waals surface area contributed by atoms with Crippen LogP contribution < -0.4 is 5.32 Å². The third-order valence-corrected chi connectivity index (χ3v) is 7.95. The lowest BCUT2D eigenvalue weighted by Crippen LogP contribution is -2.57. The summed E-state index contributed by atoms with van der Waals surface area (Å²) in [6.45, 7) is 2.27. The van der Waals surface area contributed by atoms with Crippen molar-refractivity contribution in [1.82, 2.24) is 5.32 Å². The number of aliphatic hydroxyl groups is 1. The van der Waals surface area contributed by atoms with E-state index in [2.05, 4.69) is 12.2 Å². The standard InChI is InChI=1S/C20H29NO2/c1-11-6-7-15-17(21-11)8-12-10-20(15,23)16-9-18(22)13-4-2-3-5-14(13)19(12)16/h9,11-15,17,19,21,23H,2-8,10H2,1H3/t11-,12?,13+,14?,15?,17?,19?,20-/m1/s1. The topological polar surface area (TPSA) is 49.3 Å². The normalized spacial score (nSPS) is 54.8. The number of ketones is 1. The van der Waals surface area contributed by atoms with E-state index in [1.54, 1.807) is 0 Å². The van der Waals surface area contributed by atoms with E-state index in [-0.39, 0.29) is 5.92 Å². The van der Waals surface area contributed by atoms with Crippen LogP contribution in [0, 0.1) is 29.6 Å². The van der Waals surface area contributed by atoms with Crippen molar-refractivity contribution in [2.45, 2.75) is 76.0 Å². The summed E-state index contributed by atoms with van der Waals surface area (Å²) in [7, 11) is 0. The van der Waals surface area contributed by atoms with Crippen LogP contribution in [0.25, 0.3) is 0 Å². The third-order valence-electron chi connectivity index (χ3n) is 7.95. The zero-order valence-electron chi connectivity index (χ0n) is 14.1.